The van der Waals surface area contributed by atoms with Crippen LogP contribution in [0.2, 0.25) is 0 Å². The van der Waals surface area contributed by atoms with Crippen molar-refractivity contribution in [1.82, 2.24) is 4.90 Å². The molecule has 0 radical (unpaired) electrons. The van der Waals surface area contributed by atoms with E-state index in [1.165, 1.54) is 23.6 Å². The van der Waals surface area contributed by atoms with Crippen molar-refractivity contribution in [2.45, 2.75) is 42.0 Å². The molecule has 1 unspecified atom stereocenters. The Balaban J connectivity index is 2.47. The van der Waals surface area contributed by atoms with E-state index in [4.69, 9.17) is 5.73 Å². The van der Waals surface area contributed by atoms with E-state index in [-0.39, 0.29) is 0 Å². The van der Waals surface area contributed by atoms with Crippen LogP contribution in [0.25, 0.3) is 0 Å². The Labute approximate surface area is 103 Å². The van der Waals surface area contributed by atoms with Gasteiger partial charge in [0.05, 0.1) is 6.61 Å². The highest BCUT2D eigenvalue weighted by atomic mass is 32.2. The molecule has 96 valence electrons. The Morgan fingerprint density at radius 2 is 2.06 bits per heavy atom. The summed E-state index contributed by atoms with van der Waals surface area (Å²) >= 11 is 1.33. The van der Waals surface area contributed by atoms with Gasteiger partial charge in [-0.05, 0) is 20.8 Å². The van der Waals surface area contributed by atoms with Crippen LogP contribution in [0.5, 0.6) is 0 Å². The molecule has 0 bridgehead atoms. The van der Waals surface area contributed by atoms with E-state index < -0.39 is 39.7 Å². The monoisotopic (exact) mass is 260 g/mol. The average molecular weight is 260 g/mol. The van der Waals surface area contributed by atoms with Crippen molar-refractivity contribution in [3.8, 4) is 0 Å². The molecule has 17 heavy (non-hydrogen) atoms. The van der Waals surface area contributed by atoms with Crippen LogP contribution in [0, 0.1) is 0 Å². The molecule has 2 saturated heterocycles. The molecule has 2 fully saturated rings. The molecule has 3 atom stereocenters. The van der Waals surface area contributed by atoms with Crippen LogP contribution in [0.3, 0.4) is 0 Å². The second-order valence-electron chi connectivity index (χ2n) is 5.23. The maximum absolute atomic E-state index is 12.0. The standard InChI is InChI=1S/C10H16N2O4S/c1-8(2)9(3,7(15)16)12-5(14)10(11,4-13)6(12)17-8/h6,13H,4,11H2,1-3H3,(H,15,16)/t6-,9+,10?/m1/s1. The number of rotatable bonds is 2. The zero-order valence-electron chi connectivity index (χ0n) is 9.93. The van der Waals surface area contributed by atoms with E-state index in [9.17, 15) is 19.8 Å². The van der Waals surface area contributed by atoms with Crippen molar-refractivity contribution in [3.63, 3.8) is 0 Å². The first-order valence-electron chi connectivity index (χ1n) is 5.27. The number of nitrogens with zero attached hydrogens (tertiary/aromatic N) is 1. The lowest BCUT2D eigenvalue weighted by Crippen LogP contribution is -2.81. The number of hydrogen-bond acceptors (Lipinski definition) is 5. The quantitative estimate of drug-likeness (QED) is 0.562. The van der Waals surface area contributed by atoms with Gasteiger partial charge in [0.2, 0.25) is 5.91 Å². The first kappa shape index (κ1) is 12.7. The fourth-order valence-corrected chi connectivity index (χ4v) is 4.16. The topological polar surface area (TPSA) is 104 Å². The summed E-state index contributed by atoms with van der Waals surface area (Å²) in [6.45, 7) is 4.60. The van der Waals surface area contributed by atoms with Crippen molar-refractivity contribution in [2.24, 2.45) is 5.73 Å². The van der Waals surface area contributed by atoms with Crippen molar-refractivity contribution in [2.75, 3.05) is 6.61 Å². The number of fused-ring (bicyclic) bond motifs is 1. The van der Waals surface area contributed by atoms with Gasteiger partial charge in [-0.15, -0.1) is 11.8 Å². The third kappa shape index (κ3) is 1.14. The minimum Gasteiger partial charge on any atom is -0.479 e. The van der Waals surface area contributed by atoms with Gasteiger partial charge in [0.25, 0.3) is 0 Å². The largest absolute Gasteiger partial charge is 0.479 e. The molecule has 2 aliphatic rings. The SMILES string of the molecule is CC1(C)S[C@H]2N(C(=O)C2(N)CO)[C@@]1(C)C(=O)O. The van der Waals surface area contributed by atoms with E-state index in [1.807, 2.05) is 0 Å². The zero-order chi connectivity index (χ0) is 13.2. The van der Waals surface area contributed by atoms with Crippen LogP contribution in [0.1, 0.15) is 20.8 Å². The van der Waals surface area contributed by atoms with E-state index in [2.05, 4.69) is 0 Å². The van der Waals surface area contributed by atoms with Gasteiger partial charge in [0.1, 0.15) is 10.9 Å². The maximum Gasteiger partial charge on any atom is 0.330 e. The predicted molar refractivity (Wildman–Crippen MR) is 62.3 cm³/mol. The fraction of sp³-hybridized carbons (Fsp3) is 0.800. The summed E-state index contributed by atoms with van der Waals surface area (Å²) < 4.78 is -0.657. The van der Waals surface area contributed by atoms with Gasteiger partial charge in [0.15, 0.2) is 5.54 Å². The summed E-state index contributed by atoms with van der Waals surface area (Å²) in [5.41, 5.74) is 3.19. The third-order valence-electron chi connectivity index (χ3n) is 4.03. The van der Waals surface area contributed by atoms with Crippen LogP contribution >= 0.6 is 11.8 Å². The molecule has 2 aliphatic heterocycles. The number of aliphatic hydroxyl groups is 1. The Morgan fingerprint density at radius 1 is 1.53 bits per heavy atom. The van der Waals surface area contributed by atoms with Gasteiger partial charge >= 0.3 is 5.97 Å². The number of amides is 1. The number of aliphatic hydroxyl groups excluding tert-OH is 1. The second-order valence-corrected chi connectivity index (χ2v) is 6.93. The maximum atomic E-state index is 12.0. The molecular formula is C10H16N2O4S. The minimum atomic E-state index is -1.34. The molecule has 6 nitrogen and oxygen atoms in total. The van der Waals surface area contributed by atoms with Gasteiger partial charge in [-0.25, -0.2) is 4.79 Å². The lowest BCUT2D eigenvalue weighted by atomic mass is 9.78. The molecule has 0 aliphatic carbocycles. The summed E-state index contributed by atoms with van der Waals surface area (Å²) in [4.78, 5) is 24.7. The van der Waals surface area contributed by atoms with Gasteiger partial charge in [-0.1, -0.05) is 0 Å². The molecule has 0 aromatic heterocycles. The first-order valence-corrected chi connectivity index (χ1v) is 6.15. The Kier molecular flexibility index (Phi) is 2.35. The number of carbonyl (C=O) groups is 2. The number of carboxylic acid groups (broad SMARTS) is 1. The molecule has 2 rings (SSSR count). The van der Waals surface area contributed by atoms with Gasteiger partial charge in [-0.3, -0.25) is 4.79 Å². The van der Waals surface area contributed by atoms with Gasteiger partial charge in [-0.2, -0.15) is 0 Å². The van der Waals surface area contributed by atoms with Crippen molar-refractivity contribution < 1.29 is 19.8 Å². The lowest BCUT2D eigenvalue weighted by Gasteiger charge is -2.53. The highest BCUT2D eigenvalue weighted by Gasteiger charge is 2.75. The molecular weight excluding hydrogens is 244 g/mol. The number of β-lactam (4-membered cyclic amide) rings is 1. The summed E-state index contributed by atoms with van der Waals surface area (Å²) in [5, 5.41) is 18.1. The second kappa shape index (κ2) is 3.15. The van der Waals surface area contributed by atoms with E-state index in [1.54, 1.807) is 13.8 Å². The molecule has 2 heterocycles. The number of thioether (sulfide) groups is 1. The normalized spacial score (nSPS) is 43.2. The summed E-state index contributed by atoms with van der Waals surface area (Å²) in [5.74, 6) is -1.54. The Bertz CT molecular complexity index is 413. The Hall–Kier alpha value is -0.790. The predicted octanol–water partition coefficient (Wildman–Crippen LogP) is -0.787. The summed E-state index contributed by atoms with van der Waals surface area (Å²) in [6.07, 6.45) is 0. The summed E-state index contributed by atoms with van der Waals surface area (Å²) in [6, 6.07) is 0. The van der Waals surface area contributed by atoms with Crippen LogP contribution < -0.4 is 5.73 Å². The van der Waals surface area contributed by atoms with Crippen LogP contribution in [-0.4, -0.2) is 54.8 Å². The van der Waals surface area contributed by atoms with Crippen molar-refractivity contribution in [1.29, 1.82) is 0 Å². The number of aliphatic carboxylic acids is 1. The fourth-order valence-electron chi connectivity index (χ4n) is 2.39. The first-order chi connectivity index (χ1) is 7.63. The van der Waals surface area contributed by atoms with E-state index in [0.717, 1.165) is 0 Å². The van der Waals surface area contributed by atoms with E-state index >= 15 is 0 Å². The molecule has 7 heteroatoms. The lowest BCUT2D eigenvalue weighted by molar-refractivity contribution is -0.177. The smallest absolute Gasteiger partial charge is 0.330 e. The number of carbonyl (C=O) groups excluding carboxylic acids is 1. The molecule has 1 amide bonds. The molecule has 0 spiro atoms. The van der Waals surface area contributed by atoms with E-state index in [0.29, 0.717) is 0 Å². The zero-order valence-corrected chi connectivity index (χ0v) is 10.7. The van der Waals surface area contributed by atoms with Gasteiger partial charge < -0.3 is 20.8 Å². The van der Waals surface area contributed by atoms with Gasteiger partial charge in [0, 0.05) is 4.75 Å². The Morgan fingerprint density at radius 3 is 2.47 bits per heavy atom. The number of hydrogen-bond donors (Lipinski definition) is 3. The molecule has 0 aromatic carbocycles. The average Bonchev–Trinajstić information content (AvgIpc) is 2.45. The summed E-state index contributed by atoms with van der Waals surface area (Å²) in [7, 11) is 0. The highest BCUT2D eigenvalue weighted by Crippen LogP contribution is 2.58. The van der Waals surface area contributed by atoms with Crippen molar-refractivity contribution >= 4 is 23.6 Å². The highest BCUT2D eigenvalue weighted by molar-refractivity contribution is 8.01. The van der Waals surface area contributed by atoms with Crippen LogP contribution in [-0.2, 0) is 9.59 Å². The van der Waals surface area contributed by atoms with Crippen LogP contribution in [0.4, 0.5) is 0 Å². The molecule has 4 N–H and O–H groups in total. The number of carboxylic acids is 1. The molecule has 0 aromatic rings. The van der Waals surface area contributed by atoms with Crippen molar-refractivity contribution in [3.05, 3.63) is 0 Å². The van der Waals surface area contributed by atoms with Crippen LogP contribution in [0.15, 0.2) is 0 Å². The third-order valence-corrected chi connectivity index (χ3v) is 5.87. The molecule has 0 saturated carbocycles. The number of nitrogens with two attached hydrogens (primary N) is 1. The minimum absolute atomic E-state index is 0.466.